The number of oxazole rings is 1. The quantitative estimate of drug-likeness (QED) is 0.699. The molecule has 0 spiro atoms. The maximum Gasteiger partial charge on any atom is 0.296 e. The number of hydrogen-bond acceptors (Lipinski definition) is 5. The van der Waals surface area contributed by atoms with Gasteiger partial charge in [-0.1, -0.05) is 6.07 Å². The van der Waals surface area contributed by atoms with Crippen molar-refractivity contribution in [3.63, 3.8) is 0 Å². The number of thiophene rings is 1. The summed E-state index contributed by atoms with van der Waals surface area (Å²) in [6, 6.07) is 8.66. The molecule has 2 heterocycles. The van der Waals surface area contributed by atoms with E-state index in [9.17, 15) is 0 Å². The monoisotopic (exact) mass is 285 g/mol. The molecule has 0 saturated carbocycles. The summed E-state index contributed by atoms with van der Waals surface area (Å²) >= 11 is 1.84. The van der Waals surface area contributed by atoms with E-state index in [1.54, 1.807) is 0 Å². The first-order valence-corrected chi connectivity index (χ1v) is 7.67. The van der Waals surface area contributed by atoms with E-state index in [1.807, 2.05) is 29.5 Å². The Labute approximate surface area is 120 Å². The molecule has 1 aliphatic carbocycles. The molecule has 0 aliphatic heterocycles. The van der Waals surface area contributed by atoms with Gasteiger partial charge in [-0.15, -0.1) is 11.3 Å². The molecule has 0 fully saturated rings. The standard InChI is InChI=1S/C15H15N3OS/c16-10-3-1-5-12-14(10)18-15(19-12)17-11-4-2-6-13-9(11)7-8-20-13/h1,3,5,7-8,11H,2,4,6,16H2,(H,17,18). The molecule has 20 heavy (non-hydrogen) atoms. The minimum Gasteiger partial charge on any atom is -0.423 e. The lowest BCUT2D eigenvalue weighted by molar-refractivity contribution is 0.559. The Morgan fingerprint density at radius 2 is 2.30 bits per heavy atom. The van der Waals surface area contributed by atoms with Crippen LogP contribution in [-0.2, 0) is 6.42 Å². The van der Waals surface area contributed by atoms with Crippen LogP contribution in [-0.4, -0.2) is 4.98 Å². The van der Waals surface area contributed by atoms with Gasteiger partial charge in [-0.25, -0.2) is 0 Å². The minimum atomic E-state index is 0.291. The number of nitrogens with one attached hydrogen (secondary N) is 1. The van der Waals surface area contributed by atoms with Gasteiger partial charge < -0.3 is 15.5 Å². The second kappa shape index (κ2) is 4.52. The molecule has 5 heteroatoms. The first-order valence-electron chi connectivity index (χ1n) is 6.79. The van der Waals surface area contributed by atoms with Gasteiger partial charge in [-0.3, -0.25) is 0 Å². The van der Waals surface area contributed by atoms with Gasteiger partial charge in [0.2, 0.25) is 0 Å². The molecule has 0 amide bonds. The van der Waals surface area contributed by atoms with E-state index in [0.717, 1.165) is 17.5 Å². The molecule has 3 N–H and O–H groups in total. The number of anilines is 2. The molecule has 4 rings (SSSR count). The molecule has 1 unspecified atom stereocenters. The van der Waals surface area contributed by atoms with Gasteiger partial charge in [0.25, 0.3) is 6.01 Å². The van der Waals surface area contributed by atoms with Gasteiger partial charge >= 0.3 is 0 Å². The molecular weight excluding hydrogens is 270 g/mol. The predicted molar refractivity (Wildman–Crippen MR) is 82.0 cm³/mol. The highest BCUT2D eigenvalue weighted by molar-refractivity contribution is 7.10. The number of aryl methyl sites for hydroxylation is 1. The number of hydrogen-bond donors (Lipinski definition) is 2. The Morgan fingerprint density at radius 3 is 3.20 bits per heavy atom. The first-order chi connectivity index (χ1) is 9.81. The Balaban J connectivity index is 1.67. The van der Waals surface area contributed by atoms with Crippen LogP contribution in [0.1, 0.15) is 29.3 Å². The second-order valence-electron chi connectivity index (χ2n) is 5.10. The lowest BCUT2D eigenvalue weighted by atomic mass is 9.94. The highest BCUT2D eigenvalue weighted by Gasteiger charge is 2.22. The molecule has 3 aromatic rings. The van der Waals surface area contributed by atoms with Crippen molar-refractivity contribution in [1.82, 2.24) is 4.98 Å². The molecule has 4 nitrogen and oxygen atoms in total. The predicted octanol–water partition coefficient (Wildman–Crippen LogP) is 3.96. The lowest BCUT2D eigenvalue weighted by Crippen LogP contribution is -2.15. The van der Waals surface area contributed by atoms with Crippen molar-refractivity contribution in [2.75, 3.05) is 11.1 Å². The first kappa shape index (κ1) is 11.8. The molecule has 2 aromatic heterocycles. The Morgan fingerprint density at radius 1 is 1.35 bits per heavy atom. The van der Waals surface area contributed by atoms with Crippen molar-refractivity contribution in [3.8, 4) is 0 Å². The summed E-state index contributed by atoms with van der Waals surface area (Å²) in [6.45, 7) is 0. The van der Waals surface area contributed by atoms with Gasteiger partial charge in [0.1, 0.15) is 5.52 Å². The molecule has 0 bridgehead atoms. The van der Waals surface area contributed by atoms with Crippen LogP contribution in [0.25, 0.3) is 11.1 Å². The van der Waals surface area contributed by atoms with Crippen LogP contribution in [0.15, 0.2) is 34.1 Å². The summed E-state index contributed by atoms with van der Waals surface area (Å²) in [5, 5.41) is 5.57. The Hall–Kier alpha value is -2.01. The van der Waals surface area contributed by atoms with Gasteiger partial charge in [-0.2, -0.15) is 4.98 Å². The van der Waals surface area contributed by atoms with Crippen LogP contribution in [0.3, 0.4) is 0 Å². The SMILES string of the molecule is Nc1cccc2oc(NC3CCCc4sccc43)nc12. The maximum atomic E-state index is 5.91. The van der Waals surface area contributed by atoms with Crippen LogP contribution >= 0.6 is 11.3 Å². The molecule has 1 aliphatic rings. The number of fused-ring (bicyclic) bond motifs is 2. The van der Waals surface area contributed by atoms with Crippen molar-refractivity contribution in [3.05, 3.63) is 40.1 Å². The average molecular weight is 285 g/mol. The smallest absolute Gasteiger partial charge is 0.296 e. The number of nitrogens with zero attached hydrogens (tertiary/aromatic N) is 1. The molecule has 0 radical (unpaired) electrons. The number of nitrogen functional groups attached to an aromatic ring is 1. The van der Waals surface area contributed by atoms with Gasteiger partial charge in [0.05, 0.1) is 11.7 Å². The zero-order chi connectivity index (χ0) is 13.5. The van der Waals surface area contributed by atoms with Crippen LogP contribution in [0.4, 0.5) is 11.7 Å². The zero-order valence-corrected chi connectivity index (χ0v) is 11.7. The summed E-state index contributed by atoms with van der Waals surface area (Å²) in [6.07, 6.45) is 3.50. The fraction of sp³-hybridized carbons (Fsp3) is 0.267. The number of rotatable bonds is 2. The van der Waals surface area contributed by atoms with E-state index in [0.29, 0.717) is 17.7 Å². The Kier molecular flexibility index (Phi) is 2.67. The van der Waals surface area contributed by atoms with Crippen molar-refractivity contribution in [2.24, 2.45) is 0 Å². The molecular formula is C15H15N3OS. The maximum absolute atomic E-state index is 5.91. The van der Waals surface area contributed by atoms with Crippen LogP contribution < -0.4 is 11.1 Å². The third-order valence-electron chi connectivity index (χ3n) is 3.80. The van der Waals surface area contributed by atoms with E-state index in [2.05, 4.69) is 21.7 Å². The number of aromatic nitrogens is 1. The van der Waals surface area contributed by atoms with Crippen molar-refractivity contribution in [1.29, 1.82) is 0 Å². The summed E-state index contributed by atoms with van der Waals surface area (Å²) in [4.78, 5) is 5.94. The molecule has 0 saturated heterocycles. The fourth-order valence-corrected chi connectivity index (χ4v) is 3.80. The van der Waals surface area contributed by atoms with Gasteiger partial charge in [0, 0.05) is 4.88 Å². The lowest BCUT2D eigenvalue weighted by Gasteiger charge is -2.22. The van der Waals surface area contributed by atoms with Crippen LogP contribution in [0.5, 0.6) is 0 Å². The van der Waals surface area contributed by atoms with Gasteiger partial charge in [-0.05, 0) is 48.4 Å². The highest BCUT2D eigenvalue weighted by atomic mass is 32.1. The summed E-state index contributed by atoms with van der Waals surface area (Å²) < 4.78 is 5.74. The van der Waals surface area contributed by atoms with Crippen molar-refractivity contribution < 1.29 is 4.42 Å². The number of para-hydroxylation sites is 1. The number of nitrogens with two attached hydrogens (primary N) is 1. The van der Waals surface area contributed by atoms with E-state index < -0.39 is 0 Å². The van der Waals surface area contributed by atoms with E-state index in [1.165, 1.54) is 23.3 Å². The third-order valence-corrected chi connectivity index (χ3v) is 4.80. The largest absolute Gasteiger partial charge is 0.423 e. The van der Waals surface area contributed by atoms with Crippen LogP contribution in [0.2, 0.25) is 0 Å². The Bertz CT molecular complexity index is 761. The normalized spacial score (nSPS) is 18.1. The van der Waals surface area contributed by atoms with E-state index in [4.69, 9.17) is 10.2 Å². The van der Waals surface area contributed by atoms with Crippen molar-refractivity contribution >= 4 is 34.1 Å². The molecule has 102 valence electrons. The van der Waals surface area contributed by atoms with E-state index >= 15 is 0 Å². The average Bonchev–Trinajstić information content (AvgIpc) is 3.06. The summed E-state index contributed by atoms with van der Waals surface area (Å²) in [7, 11) is 0. The molecule has 1 atom stereocenters. The zero-order valence-electron chi connectivity index (χ0n) is 10.9. The van der Waals surface area contributed by atoms with Crippen LogP contribution in [0, 0.1) is 0 Å². The van der Waals surface area contributed by atoms with Gasteiger partial charge in [0.15, 0.2) is 5.58 Å². The van der Waals surface area contributed by atoms with E-state index in [-0.39, 0.29) is 0 Å². The number of benzene rings is 1. The summed E-state index contributed by atoms with van der Waals surface area (Å²) in [5.74, 6) is 0. The highest BCUT2D eigenvalue weighted by Crippen LogP contribution is 2.36. The molecule has 1 aromatic carbocycles. The topological polar surface area (TPSA) is 64.1 Å². The fourth-order valence-electron chi connectivity index (χ4n) is 2.82. The third kappa shape index (κ3) is 1.86. The summed E-state index contributed by atoms with van der Waals surface area (Å²) in [5.41, 5.74) is 9.41. The second-order valence-corrected chi connectivity index (χ2v) is 6.10. The van der Waals surface area contributed by atoms with Crippen molar-refractivity contribution in [2.45, 2.75) is 25.3 Å². The minimum absolute atomic E-state index is 0.291.